The van der Waals surface area contributed by atoms with Gasteiger partial charge in [-0.3, -0.25) is 0 Å². The molecular formula is C12H20O2Rh-6. The Hall–Kier alpha value is -0.867. The van der Waals surface area contributed by atoms with E-state index in [4.69, 9.17) is 9.59 Å². The van der Waals surface area contributed by atoms with Gasteiger partial charge in [0, 0.05) is 0 Å². The van der Waals surface area contributed by atoms with Crippen molar-refractivity contribution in [3.8, 4) is 0 Å². The van der Waals surface area contributed by atoms with E-state index in [0.717, 1.165) is 0 Å². The molecule has 1 aromatic carbocycles. The Labute approximate surface area is 102 Å². The van der Waals surface area contributed by atoms with Crippen LogP contribution in [0.2, 0.25) is 0 Å². The van der Waals surface area contributed by atoms with E-state index in [9.17, 15) is 0 Å². The van der Waals surface area contributed by atoms with E-state index in [-0.39, 0.29) is 37.1 Å². The molecule has 2 nitrogen and oxygen atoms in total. The molecule has 0 radical (unpaired) electrons. The molecule has 0 fully saturated rings. The summed E-state index contributed by atoms with van der Waals surface area (Å²) in [6, 6.07) is 10.0. The van der Waals surface area contributed by atoms with Gasteiger partial charge in [0.15, 0.2) is 0 Å². The summed E-state index contributed by atoms with van der Waals surface area (Å²) in [5.74, 6) is 0. The number of hydrogen-bond acceptors (Lipinski definition) is 2. The Morgan fingerprint density at radius 1 is 0.800 bits per heavy atom. The van der Waals surface area contributed by atoms with Gasteiger partial charge in [-0.15, -0.1) is 0 Å². The maximum absolute atomic E-state index is 9.05. The van der Waals surface area contributed by atoms with Crippen molar-refractivity contribution < 1.29 is 25.8 Å². The van der Waals surface area contributed by atoms with Crippen molar-refractivity contribution in [2.75, 3.05) is 0 Å². The summed E-state index contributed by atoms with van der Waals surface area (Å²) in [6.07, 6.45) is 0. The van der Waals surface area contributed by atoms with Crippen molar-refractivity contribution in [3.63, 3.8) is 0 Å². The first kappa shape index (κ1) is 36.9. The fourth-order valence-electron chi connectivity index (χ4n) is 0.335. The van der Waals surface area contributed by atoms with E-state index in [1.54, 1.807) is 0 Å². The minimum absolute atomic E-state index is 0. The van der Waals surface area contributed by atoms with Crippen molar-refractivity contribution in [2.45, 2.75) is 0 Å². The third kappa shape index (κ3) is 43.3. The molecule has 0 atom stereocenters. The van der Waals surface area contributed by atoms with Gasteiger partial charge in [0.2, 0.25) is 0 Å². The molecule has 0 bridgehead atoms. The van der Waals surface area contributed by atoms with Gasteiger partial charge in [0.1, 0.15) is 0 Å². The Balaban J connectivity index is -0.0000000202. The molecule has 0 aliphatic carbocycles. The van der Waals surface area contributed by atoms with Gasteiger partial charge in [-0.05, 0) is 0 Å². The van der Waals surface area contributed by atoms with E-state index in [1.807, 2.05) is 30.3 Å². The molecule has 15 heavy (non-hydrogen) atoms. The first-order chi connectivity index (χ1) is 4.91. The number of hydrogen-bond donors (Lipinski definition) is 0. The summed E-state index contributed by atoms with van der Waals surface area (Å²) < 4.78 is 2.83. The maximum atomic E-state index is 9.05. The zero-order chi connectivity index (χ0) is 7.66. The van der Waals surface area contributed by atoms with Crippen LogP contribution in [0, 0.1) is 37.1 Å². The van der Waals surface area contributed by atoms with E-state index < -0.39 is 16.2 Å². The van der Waals surface area contributed by atoms with Crippen LogP contribution in [-0.4, -0.2) is 8.95 Å². The fraction of sp³-hybridized carbons (Fsp3) is 0. The minimum atomic E-state index is -0.704. The van der Waals surface area contributed by atoms with Crippen LogP contribution in [0.3, 0.4) is 0 Å². The SMILES string of the molecule is O=[C]=[Rh]=[C]=O.[CH3-].[CH3-].[CH3-].[CH3-].[CH3-].c1cc[cH-]c1. The molecule has 0 aromatic heterocycles. The topological polar surface area (TPSA) is 34.1 Å². The Morgan fingerprint density at radius 2 is 1.13 bits per heavy atom. The third-order valence-corrected chi connectivity index (χ3v) is 0.958. The first-order valence-corrected chi connectivity index (χ1v) is 4.05. The van der Waals surface area contributed by atoms with Crippen LogP contribution in [0.15, 0.2) is 30.3 Å². The molecule has 95 valence electrons. The van der Waals surface area contributed by atoms with Crippen LogP contribution < -0.4 is 0 Å². The third-order valence-electron chi connectivity index (χ3n) is 0.624. The summed E-state index contributed by atoms with van der Waals surface area (Å²) >= 11 is -0.704. The fourth-order valence-corrected chi connectivity index (χ4v) is 0.403. The van der Waals surface area contributed by atoms with Crippen molar-refractivity contribution in [1.82, 2.24) is 0 Å². The minimum Gasteiger partial charge on any atom is -0.358 e. The van der Waals surface area contributed by atoms with Crippen LogP contribution in [0.1, 0.15) is 0 Å². The predicted octanol–water partition coefficient (Wildman–Crippen LogP) is 2.86. The first-order valence-electron chi connectivity index (χ1n) is 2.41. The molecule has 0 unspecified atom stereocenters. The standard InChI is InChI=1S/C5H5.2CO.5CH3.Rh/c1-2-4-5-3-1;2*1-2;;;;;;/h1-5H;;;5*1H3;/q-1;;;5*-1;. The number of carbonyl (C=O) groups excluding carboxylic acids is 2. The second kappa shape index (κ2) is 38.0. The molecule has 0 aliphatic heterocycles. The quantitative estimate of drug-likeness (QED) is 0.545. The second-order valence-corrected chi connectivity index (χ2v) is 2.26. The normalized spacial score (nSPS) is 4.27. The molecule has 0 aliphatic rings. The summed E-state index contributed by atoms with van der Waals surface area (Å²) in [5.41, 5.74) is 0. The van der Waals surface area contributed by atoms with Crippen molar-refractivity contribution in [1.29, 1.82) is 0 Å². The van der Waals surface area contributed by atoms with Crippen molar-refractivity contribution >= 4 is 8.95 Å². The molecule has 0 amide bonds. The van der Waals surface area contributed by atoms with E-state index in [1.165, 1.54) is 8.95 Å². The molecular weight excluding hydrogens is 279 g/mol. The van der Waals surface area contributed by atoms with E-state index in [0.29, 0.717) is 0 Å². The largest absolute Gasteiger partial charge is 0.358 e. The zero-order valence-electron chi connectivity index (χ0n) is 10.0. The van der Waals surface area contributed by atoms with Gasteiger partial charge in [-0.1, -0.05) is 0 Å². The van der Waals surface area contributed by atoms with Gasteiger partial charge in [0.05, 0.1) is 0 Å². The van der Waals surface area contributed by atoms with Crippen LogP contribution in [0.25, 0.3) is 0 Å². The molecule has 0 heterocycles. The van der Waals surface area contributed by atoms with Gasteiger partial charge in [-0.2, -0.15) is 18.2 Å². The van der Waals surface area contributed by atoms with Gasteiger partial charge < -0.3 is 37.1 Å². The smallest absolute Gasteiger partial charge is 0.172 e. The Morgan fingerprint density at radius 3 is 1.20 bits per heavy atom. The van der Waals surface area contributed by atoms with Crippen LogP contribution >= 0.6 is 0 Å². The summed E-state index contributed by atoms with van der Waals surface area (Å²) in [6.45, 7) is 0. The van der Waals surface area contributed by atoms with Crippen LogP contribution in [0.4, 0.5) is 0 Å². The van der Waals surface area contributed by atoms with Crippen molar-refractivity contribution in [2.24, 2.45) is 0 Å². The van der Waals surface area contributed by atoms with Gasteiger partial charge in [-0.25, -0.2) is 12.1 Å². The average Bonchev–Trinajstić information content (AvgIpc) is 2.44. The monoisotopic (exact) mass is 299 g/mol. The van der Waals surface area contributed by atoms with Gasteiger partial charge >= 0.3 is 34.8 Å². The molecule has 1 aromatic rings. The van der Waals surface area contributed by atoms with E-state index in [2.05, 4.69) is 0 Å². The maximum Gasteiger partial charge on any atom is -0.172 e. The summed E-state index contributed by atoms with van der Waals surface area (Å²) in [7, 11) is 0. The summed E-state index contributed by atoms with van der Waals surface area (Å²) in [5, 5.41) is 0. The summed E-state index contributed by atoms with van der Waals surface area (Å²) in [4.78, 5) is 18.1. The molecule has 0 saturated carbocycles. The van der Waals surface area contributed by atoms with Gasteiger partial charge in [0.25, 0.3) is 0 Å². The molecule has 0 spiro atoms. The van der Waals surface area contributed by atoms with Crippen LogP contribution in [-0.2, 0) is 25.8 Å². The molecule has 1 rings (SSSR count). The Kier molecular flexibility index (Phi) is 93.4. The predicted molar refractivity (Wildman–Crippen MR) is 65.5 cm³/mol. The second-order valence-electron chi connectivity index (χ2n) is 1.18. The van der Waals surface area contributed by atoms with E-state index >= 15 is 0 Å². The molecule has 0 N–H and O–H groups in total. The zero-order valence-corrected chi connectivity index (χ0v) is 11.7. The molecule has 3 heteroatoms. The Bertz CT molecular complexity index is 220. The number of rotatable bonds is 0. The van der Waals surface area contributed by atoms with Crippen LogP contribution in [0.5, 0.6) is 0 Å². The van der Waals surface area contributed by atoms with Crippen molar-refractivity contribution in [3.05, 3.63) is 67.5 Å². The molecule has 0 saturated heterocycles. The average molecular weight is 299 g/mol.